The summed E-state index contributed by atoms with van der Waals surface area (Å²) in [6.45, 7) is 5.87. The maximum Gasteiger partial charge on any atom is 0.514 e. The Bertz CT molecular complexity index is 841. The second-order valence-corrected chi connectivity index (χ2v) is 7.83. The molecule has 2 aromatic rings. The van der Waals surface area contributed by atoms with E-state index in [1.807, 2.05) is 26.8 Å². The number of carbonyl (C=O) groups excluding carboxylic acids is 2. The predicted molar refractivity (Wildman–Crippen MR) is 101 cm³/mol. The molecule has 1 heterocycles. The average Bonchev–Trinajstić information content (AvgIpc) is 3.21. The topological polar surface area (TPSA) is 106 Å². The van der Waals surface area contributed by atoms with Crippen molar-refractivity contribution in [3.63, 3.8) is 0 Å². The third-order valence-electron chi connectivity index (χ3n) is 4.55. The SMILES string of the molecule is CC(C)(C)n1nc([C@H]2CC[C@@H](OC(=O)Oc3ccccc3)C2)cc1OC(N)=O. The van der Waals surface area contributed by atoms with Gasteiger partial charge in [0.2, 0.25) is 5.88 Å². The van der Waals surface area contributed by atoms with Gasteiger partial charge in [-0.2, -0.15) is 5.10 Å². The molecule has 0 saturated heterocycles. The minimum Gasteiger partial charge on any atom is -0.431 e. The number of nitrogens with two attached hydrogens (primary N) is 1. The highest BCUT2D eigenvalue weighted by atomic mass is 16.7. The van der Waals surface area contributed by atoms with Gasteiger partial charge in [0.25, 0.3) is 0 Å². The Labute approximate surface area is 163 Å². The van der Waals surface area contributed by atoms with Crippen LogP contribution in [0, 0.1) is 0 Å². The molecular weight excluding hydrogens is 362 g/mol. The Balaban J connectivity index is 1.64. The summed E-state index contributed by atoms with van der Waals surface area (Å²) in [5, 5.41) is 4.61. The van der Waals surface area contributed by atoms with Crippen molar-refractivity contribution in [2.24, 2.45) is 5.73 Å². The van der Waals surface area contributed by atoms with Gasteiger partial charge in [-0.3, -0.25) is 0 Å². The molecular formula is C20H25N3O5. The van der Waals surface area contributed by atoms with E-state index in [4.69, 9.17) is 19.9 Å². The molecule has 0 unspecified atom stereocenters. The Hall–Kier alpha value is -3.03. The van der Waals surface area contributed by atoms with Crippen molar-refractivity contribution in [1.29, 1.82) is 0 Å². The molecule has 0 spiro atoms. The zero-order valence-electron chi connectivity index (χ0n) is 16.3. The lowest BCUT2D eigenvalue weighted by atomic mass is 10.0. The van der Waals surface area contributed by atoms with E-state index in [1.165, 1.54) is 0 Å². The first kappa shape index (κ1) is 19.7. The number of rotatable bonds is 4. The molecule has 2 N–H and O–H groups in total. The second kappa shape index (κ2) is 7.92. The van der Waals surface area contributed by atoms with Gasteiger partial charge in [-0.25, -0.2) is 14.3 Å². The van der Waals surface area contributed by atoms with Crippen molar-refractivity contribution in [1.82, 2.24) is 9.78 Å². The molecule has 1 aromatic heterocycles. The van der Waals surface area contributed by atoms with Gasteiger partial charge in [0, 0.05) is 12.0 Å². The van der Waals surface area contributed by atoms with Gasteiger partial charge < -0.3 is 19.9 Å². The standard InChI is InChI=1S/C20H25N3O5/c1-20(2,3)23-17(28-18(21)24)12-16(22-23)13-9-10-15(11-13)27-19(25)26-14-7-5-4-6-8-14/h4-8,12-13,15H,9-11H2,1-3H3,(H2,21,24)/t13-,15+/m0/s1. The summed E-state index contributed by atoms with van der Waals surface area (Å²) in [5.74, 6) is 0.843. The van der Waals surface area contributed by atoms with Crippen LogP contribution in [0.3, 0.4) is 0 Å². The molecule has 1 saturated carbocycles. The van der Waals surface area contributed by atoms with Crippen molar-refractivity contribution >= 4 is 12.2 Å². The van der Waals surface area contributed by atoms with Crippen LogP contribution >= 0.6 is 0 Å². The zero-order chi connectivity index (χ0) is 20.3. The van der Waals surface area contributed by atoms with E-state index in [1.54, 1.807) is 35.0 Å². The van der Waals surface area contributed by atoms with E-state index in [9.17, 15) is 9.59 Å². The fourth-order valence-corrected chi connectivity index (χ4v) is 3.30. The summed E-state index contributed by atoms with van der Waals surface area (Å²) in [4.78, 5) is 23.2. The van der Waals surface area contributed by atoms with Gasteiger partial charge in [-0.15, -0.1) is 0 Å². The highest BCUT2D eigenvalue weighted by molar-refractivity contribution is 5.67. The Morgan fingerprint density at radius 1 is 1.14 bits per heavy atom. The first-order valence-corrected chi connectivity index (χ1v) is 9.23. The summed E-state index contributed by atoms with van der Waals surface area (Å²) >= 11 is 0. The Kier molecular flexibility index (Phi) is 5.58. The molecule has 1 aromatic carbocycles. The molecule has 28 heavy (non-hydrogen) atoms. The molecule has 0 aliphatic heterocycles. The van der Waals surface area contributed by atoms with Crippen molar-refractivity contribution in [3.05, 3.63) is 42.1 Å². The van der Waals surface area contributed by atoms with Crippen LogP contribution in [0.2, 0.25) is 0 Å². The van der Waals surface area contributed by atoms with Crippen molar-refractivity contribution in [2.75, 3.05) is 0 Å². The van der Waals surface area contributed by atoms with Gasteiger partial charge in [0.15, 0.2) is 0 Å². The van der Waals surface area contributed by atoms with Crippen LogP contribution in [-0.2, 0) is 10.3 Å². The van der Waals surface area contributed by atoms with E-state index < -0.39 is 12.2 Å². The maximum absolute atomic E-state index is 12.0. The summed E-state index contributed by atoms with van der Waals surface area (Å²) in [6.07, 6.45) is 0.300. The third-order valence-corrected chi connectivity index (χ3v) is 4.55. The number of aromatic nitrogens is 2. The molecule has 1 aliphatic rings. The van der Waals surface area contributed by atoms with E-state index in [0.29, 0.717) is 24.5 Å². The van der Waals surface area contributed by atoms with Gasteiger partial charge in [0.05, 0.1) is 11.2 Å². The molecule has 3 rings (SSSR count). The molecule has 2 atom stereocenters. The number of amides is 1. The smallest absolute Gasteiger partial charge is 0.431 e. The molecule has 8 heteroatoms. The summed E-state index contributed by atoms with van der Waals surface area (Å²) in [7, 11) is 0. The van der Waals surface area contributed by atoms with Crippen LogP contribution in [0.1, 0.15) is 51.6 Å². The summed E-state index contributed by atoms with van der Waals surface area (Å²) < 4.78 is 17.4. The van der Waals surface area contributed by atoms with E-state index in [2.05, 4.69) is 5.10 Å². The number of hydrogen-bond donors (Lipinski definition) is 1. The minimum atomic E-state index is -0.881. The number of hydrogen-bond acceptors (Lipinski definition) is 6. The largest absolute Gasteiger partial charge is 0.514 e. The van der Waals surface area contributed by atoms with Gasteiger partial charge in [0.1, 0.15) is 11.9 Å². The summed E-state index contributed by atoms with van der Waals surface area (Å²) in [6, 6.07) is 10.5. The van der Waals surface area contributed by atoms with Crippen LogP contribution in [0.15, 0.2) is 36.4 Å². The lowest BCUT2D eigenvalue weighted by molar-refractivity contribution is 0.0606. The molecule has 8 nitrogen and oxygen atoms in total. The monoisotopic (exact) mass is 387 g/mol. The fraction of sp³-hybridized carbons (Fsp3) is 0.450. The number of ether oxygens (including phenoxy) is 3. The number of carbonyl (C=O) groups is 2. The number of nitrogens with zero attached hydrogens (tertiary/aromatic N) is 2. The van der Waals surface area contributed by atoms with Crippen LogP contribution < -0.4 is 15.2 Å². The molecule has 1 aliphatic carbocycles. The lowest BCUT2D eigenvalue weighted by Gasteiger charge is -2.21. The number of benzene rings is 1. The van der Waals surface area contributed by atoms with Crippen molar-refractivity contribution < 1.29 is 23.8 Å². The van der Waals surface area contributed by atoms with Crippen LogP contribution in [0.5, 0.6) is 11.6 Å². The van der Waals surface area contributed by atoms with E-state index in [-0.39, 0.29) is 17.6 Å². The zero-order valence-corrected chi connectivity index (χ0v) is 16.3. The van der Waals surface area contributed by atoms with Crippen molar-refractivity contribution in [2.45, 2.75) is 57.6 Å². The minimum absolute atomic E-state index is 0.0911. The molecule has 1 amide bonds. The van der Waals surface area contributed by atoms with E-state index in [0.717, 1.165) is 12.1 Å². The molecule has 0 bridgehead atoms. The van der Waals surface area contributed by atoms with E-state index >= 15 is 0 Å². The molecule has 1 fully saturated rings. The lowest BCUT2D eigenvalue weighted by Crippen LogP contribution is -2.27. The van der Waals surface area contributed by atoms with Gasteiger partial charge >= 0.3 is 12.2 Å². The second-order valence-electron chi connectivity index (χ2n) is 7.83. The normalized spacial score (nSPS) is 19.2. The molecule has 0 radical (unpaired) electrons. The van der Waals surface area contributed by atoms with Crippen LogP contribution in [0.4, 0.5) is 9.59 Å². The van der Waals surface area contributed by atoms with Gasteiger partial charge in [-0.1, -0.05) is 18.2 Å². The Morgan fingerprint density at radius 2 is 1.86 bits per heavy atom. The number of primary amides is 1. The quantitative estimate of drug-likeness (QED) is 0.629. The number of para-hydroxylation sites is 1. The molecule has 150 valence electrons. The Morgan fingerprint density at radius 3 is 2.50 bits per heavy atom. The third kappa shape index (κ3) is 4.82. The van der Waals surface area contributed by atoms with Crippen molar-refractivity contribution in [3.8, 4) is 11.6 Å². The maximum atomic E-state index is 12.0. The predicted octanol–water partition coefficient (Wildman–Crippen LogP) is 3.95. The first-order chi connectivity index (χ1) is 13.2. The highest BCUT2D eigenvalue weighted by Gasteiger charge is 2.33. The van der Waals surface area contributed by atoms with Crippen LogP contribution in [-0.4, -0.2) is 28.1 Å². The highest BCUT2D eigenvalue weighted by Crippen LogP contribution is 2.38. The van der Waals surface area contributed by atoms with Crippen LogP contribution in [0.25, 0.3) is 0 Å². The fourth-order valence-electron chi connectivity index (χ4n) is 3.30. The summed E-state index contributed by atoms with van der Waals surface area (Å²) in [5.41, 5.74) is 5.57. The average molecular weight is 387 g/mol. The van der Waals surface area contributed by atoms with Gasteiger partial charge in [-0.05, 0) is 52.2 Å². The first-order valence-electron chi connectivity index (χ1n) is 9.23.